The van der Waals surface area contributed by atoms with Gasteiger partial charge in [0.05, 0.1) is 7.11 Å². The number of amides is 1. The molecule has 3 aromatic rings. The molecule has 1 aromatic carbocycles. The molecule has 0 spiro atoms. The Hall–Kier alpha value is -3.61. The van der Waals surface area contributed by atoms with Gasteiger partial charge >= 0.3 is 5.97 Å². The lowest BCUT2D eigenvalue weighted by atomic mass is 9.84. The molecule has 1 aliphatic carbocycles. The summed E-state index contributed by atoms with van der Waals surface area (Å²) in [5, 5.41) is 3.05. The number of nitrogens with zero attached hydrogens (tertiary/aromatic N) is 3. The van der Waals surface area contributed by atoms with Crippen molar-refractivity contribution in [1.29, 1.82) is 0 Å². The summed E-state index contributed by atoms with van der Waals surface area (Å²) in [6.07, 6.45) is 7.53. The summed E-state index contributed by atoms with van der Waals surface area (Å²) >= 11 is 0. The Morgan fingerprint density at radius 2 is 1.83 bits per heavy atom. The number of fused-ring (bicyclic) bond motifs is 1. The number of benzene rings is 1. The van der Waals surface area contributed by atoms with E-state index in [-0.39, 0.29) is 23.3 Å². The maximum atomic E-state index is 12.7. The Labute approximate surface area is 168 Å². The summed E-state index contributed by atoms with van der Waals surface area (Å²) in [5.41, 5.74) is 4.85. The molecule has 0 radical (unpaired) electrons. The third-order valence-electron chi connectivity index (χ3n) is 5.07. The molecule has 1 amide bonds. The molecule has 0 fully saturated rings. The van der Waals surface area contributed by atoms with Crippen molar-refractivity contribution in [2.45, 2.75) is 25.3 Å². The Morgan fingerprint density at radius 3 is 2.62 bits per heavy atom. The molecule has 2 aromatic heterocycles. The van der Waals surface area contributed by atoms with Crippen LogP contribution in [0.5, 0.6) is 0 Å². The third kappa shape index (κ3) is 3.99. The van der Waals surface area contributed by atoms with Crippen LogP contribution in [0, 0.1) is 0 Å². The van der Waals surface area contributed by atoms with E-state index in [2.05, 4.69) is 37.1 Å². The zero-order valence-electron chi connectivity index (χ0n) is 16.0. The van der Waals surface area contributed by atoms with Gasteiger partial charge in [-0.25, -0.2) is 19.7 Å². The number of pyridine rings is 1. The first kappa shape index (κ1) is 18.7. The summed E-state index contributed by atoms with van der Waals surface area (Å²) in [6.45, 7) is 0. The molecule has 0 bridgehead atoms. The van der Waals surface area contributed by atoms with Crippen LogP contribution < -0.4 is 5.32 Å². The zero-order valence-corrected chi connectivity index (χ0v) is 16.0. The van der Waals surface area contributed by atoms with Gasteiger partial charge in [0.2, 0.25) is 0 Å². The molecule has 29 heavy (non-hydrogen) atoms. The molecule has 7 nitrogen and oxygen atoms in total. The van der Waals surface area contributed by atoms with Gasteiger partial charge < -0.3 is 10.1 Å². The summed E-state index contributed by atoms with van der Waals surface area (Å²) in [4.78, 5) is 36.7. The monoisotopic (exact) mass is 388 g/mol. The molecule has 0 saturated carbocycles. The van der Waals surface area contributed by atoms with E-state index < -0.39 is 5.97 Å². The molecule has 146 valence electrons. The number of carbonyl (C=O) groups is 2. The predicted molar refractivity (Wildman–Crippen MR) is 106 cm³/mol. The largest absolute Gasteiger partial charge is 0.464 e. The Morgan fingerprint density at radius 1 is 1.07 bits per heavy atom. The smallest absolute Gasteiger partial charge is 0.356 e. The fourth-order valence-corrected chi connectivity index (χ4v) is 3.66. The summed E-state index contributed by atoms with van der Waals surface area (Å²) in [6, 6.07) is 10.9. The molecular weight excluding hydrogens is 368 g/mol. The lowest BCUT2D eigenvalue weighted by molar-refractivity contribution is 0.0594. The predicted octanol–water partition coefficient (Wildman–Crippen LogP) is 2.61. The van der Waals surface area contributed by atoms with E-state index in [0.29, 0.717) is 6.42 Å². The Kier molecular flexibility index (Phi) is 5.29. The molecule has 7 heteroatoms. The number of esters is 1. The number of rotatable bonds is 4. The highest BCUT2D eigenvalue weighted by molar-refractivity contribution is 5.94. The fraction of sp³-hybridized carbons (Fsp3) is 0.227. The number of carbonyl (C=O) groups excluding carboxylic acids is 2. The molecule has 1 aliphatic rings. The summed E-state index contributed by atoms with van der Waals surface area (Å²) < 4.78 is 4.67. The van der Waals surface area contributed by atoms with Crippen molar-refractivity contribution in [2.75, 3.05) is 7.11 Å². The second-order valence-corrected chi connectivity index (χ2v) is 6.88. The zero-order chi connectivity index (χ0) is 20.2. The Bertz CT molecular complexity index is 1050. The highest BCUT2D eigenvalue weighted by Crippen LogP contribution is 2.31. The first-order valence-electron chi connectivity index (χ1n) is 9.38. The molecule has 1 atom stereocenters. The number of ether oxygens (including phenoxy) is 1. The van der Waals surface area contributed by atoms with Crippen molar-refractivity contribution in [3.8, 4) is 11.1 Å². The average molecular weight is 388 g/mol. The van der Waals surface area contributed by atoms with Gasteiger partial charge in [-0.15, -0.1) is 0 Å². The number of aromatic nitrogens is 3. The van der Waals surface area contributed by atoms with Crippen LogP contribution >= 0.6 is 0 Å². The fourth-order valence-electron chi connectivity index (χ4n) is 3.66. The van der Waals surface area contributed by atoms with Crippen molar-refractivity contribution in [3.63, 3.8) is 0 Å². The van der Waals surface area contributed by atoms with Crippen LogP contribution in [0.1, 0.15) is 38.5 Å². The highest BCUT2D eigenvalue weighted by atomic mass is 16.5. The molecule has 4 rings (SSSR count). The second kappa shape index (κ2) is 8.18. The second-order valence-electron chi connectivity index (χ2n) is 6.88. The van der Waals surface area contributed by atoms with E-state index in [1.54, 1.807) is 24.5 Å². The van der Waals surface area contributed by atoms with Crippen LogP contribution in [0.25, 0.3) is 11.1 Å². The summed E-state index contributed by atoms with van der Waals surface area (Å²) in [5.74, 6) is -0.870. The van der Waals surface area contributed by atoms with Crippen molar-refractivity contribution in [3.05, 3.63) is 77.6 Å². The minimum Gasteiger partial charge on any atom is -0.464 e. The van der Waals surface area contributed by atoms with E-state index in [4.69, 9.17) is 0 Å². The molecule has 0 aliphatic heterocycles. The minimum absolute atomic E-state index is 0.0237. The first-order valence-corrected chi connectivity index (χ1v) is 9.38. The van der Waals surface area contributed by atoms with Crippen molar-refractivity contribution in [2.24, 2.45) is 0 Å². The number of methoxy groups -OCH3 is 1. The molecule has 1 unspecified atom stereocenters. The van der Waals surface area contributed by atoms with Crippen molar-refractivity contribution >= 4 is 11.9 Å². The topological polar surface area (TPSA) is 94.1 Å². The third-order valence-corrected chi connectivity index (χ3v) is 5.07. The number of aryl methyl sites for hydroxylation is 1. The van der Waals surface area contributed by atoms with E-state index in [1.807, 2.05) is 6.07 Å². The Balaban J connectivity index is 1.54. The van der Waals surface area contributed by atoms with E-state index in [1.165, 1.54) is 30.6 Å². The van der Waals surface area contributed by atoms with Gasteiger partial charge in [0.15, 0.2) is 0 Å². The van der Waals surface area contributed by atoms with Gasteiger partial charge in [0, 0.05) is 24.0 Å². The standard InChI is InChI=1S/C22H20N4O3/c1-29-22(28)20-7-3-6-19(26-20)21(27)25-16-9-8-14-4-2-5-17(18(14)10-16)15-11-23-13-24-12-15/h2-7,11-13,16H,8-10H2,1H3,(H,25,27). The van der Waals surface area contributed by atoms with Gasteiger partial charge in [-0.2, -0.15) is 0 Å². The van der Waals surface area contributed by atoms with E-state index in [9.17, 15) is 9.59 Å². The molecule has 1 N–H and O–H groups in total. The normalized spacial score (nSPS) is 15.3. The molecule has 2 heterocycles. The average Bonchev–Trinajstić information content (AvgIpc) is 2.78. The van der Waals surface area contributed by atoms with Crippen LogP contribution in [-0.4, -0.2) is 40.0 Å². The van der Waals surface area contributed by atoms with Crippen LogP contribution in [0.2, 0.25) is 0 Å². The maximum Gasteiger partial charge on any atom is 0.356 e. The van der Waals surface area contributed by atoms with E-state index in [0.717, 1.165) is 24.0 Å². The van der Waals surface area contributed by atoms with Crippen molar-refractivity contribution < 1.29 is 14.3 Å². The van der Waals surface area contributed by atoms with Crippen LogP contribution in [0.15, 0.2) is 55.1 Å². The van der Waals surface area contributed by atoms with Gasteiger partial charge in [-0.05, 0) is 48.1 Å². The SMILES string of the molecule is COC(=O)c1cccc(C(=O)NC2CCc3cccc(-c4cncnc4)c3C2)n1. The van der Waals surface area contributed by atoms with Gasteiger partial charge in [0.1, 0.15) is 17.7 Å². The lowest BCUT2D eigenvalue weighted by Crippen LogP contribution is -2.39. The number of hydrogen-bond donors (Lipinski definition) is 1. The van der Waals surface area contributed by atoms with Gasteiger partial charge in [-0.1, -0.05) is 24.3 Å². The van der Waals surface area contributed by atoms with E-state index >= 15 is 0 Å². The van der Waals surface area contributed by atoms with Gasteiger partial charge in [-0.3, -0.25) is 4.79 Å². The van der Waals surface area contributed by atoms with Crippen LogP contribution in [-0.2, 0) is 17.6 Å². The minimum atomic E-state index is -0.569. The quantitative estimate of drug-likeness (QED) is 0.691. The first-order chi connectivity index (χ1) is 14.2. The van der Waals surface area contributed by atoms with Crippen molar-refractivity contribution in [1.82, 2.24) is 20.3 Å². The van der Waals surface area contributed by atoms with Crippen LogP contribution in [0.3, 0.4) is 0 Å². The van der Waals surface area contributed by atoms with Crippen LogP contribution in [0.4, 0.5) is 0 Å². The van der Waals surface area contributed by atoms with Gasteiger partial charge in [0.25, 0.3) is 5.91 Å². The summed E-state index contributed by atoms with van der Waals surface area (Å²) in [7, 11) is 1.28. The highest BCUT2D eigenvalue weighted by Gasteiger charge is 2.24. The number of hydrogen-bond acceptors (Lipinski definition) is 6. The molecule has 0 saturated heterocycles. The maximum absolute atomic E-state index is 12.7. The lowest BCUT2D eigenvalue weighted by Gasteiger charge is -2.27. The molecular formula is C22H20N4O3. The number of nitrogens with one attached hydrogen (secondary N) is 1.